The second-order valence-electron chi connectivity index (χ2n) is 6.27. The highest BCUT2D eigenvalue weighted by atomic mass is 32.1. The average Bonchev–Trinajstić information content (AvgIpc) is 2.75. The van der Waals surface area contributed by atoms with Crippen LogP contribution in [0.4, 0.5) is 0 Å². The lowest BCUT2D eigenvalue weighted by molar-refractivity contribution is 0.195. The third kappa shape index (κ3) is 3.75. The minimum atomic E-state index is 0.617. The van der Waals surface area contributed by atoms with Gasteiger partial charge in [0.25, 0.3) is 0 Å². The van der Waals surface area contributed by atoms with Crippen molar-refractivity contribution < 1.29 is 0 Å². The number of hydrogen-bond donors (Lipinski definition) is 0. The summed E-state index contributed by atoms with van der Waals surface area (Å²) in [7, 11) is 0. The van der Waals surface area contributed by atoms with Gasteiger partial charge in [0.2, 0.25) is 0 Å². The Morgan fingerprint density at radius 1 is 1.10 bits per heavy atom. The van der Waals surface area contributed by atoms with Crippen molar-refractivity contribution in [3.05, 3.63) is 57.3 Å². The number of thiophene rings is 1. The summed E-state index contributed by atoms with van der Waals surface area (Å²) in [5, 5.41) is 0. The first-order chi connectivity index (χ1) is 10.2. The molecule has 2 heteroatoms. The molecule has 3 rings (SSSR count). The van der Waals surface area contributed by atoms with Gasteiger partial charge in [-0.25, -0.2) is 0 Å². The molecule has 1 atom stereocenters. The van der Waals surface area contributed by atoms with Gasteiger partial charge in [-0.3, -0.25) is 4.90 Å². The van der Waals surface area contributed by atoms with Gasteiger partial charge in [0.05, 0.1) is 0 Å². The Hall–Kier alpha value is -1.12. The fourth-order valence-corrected chi connectivity index (χ4v) is 4.40. The van der Waals surface area contributed by atoms with Crippen LogP contribution in [-0.4, -0.2) is 11.4 Å². The zero-order chi connectivity index (χ0) is 14.7. The maximum atomic E-state index is 2.70. The van der Waals surface area contributed by atoms with Gasteiger partial charge in [0.1, 0.15) is 0 Å². The van der Waals surface area contributed by atoms with Crippen LogP contribution >= 0.6 is 11.3 Å². The number of hydrogen-bond acceptors (Lipinski definition) is 2. The first-order valence-corrected chi connectivity index (χ1v) is 8.90. The van der Waals surface area contributed by atoms with E-state index in [1.165, 1.54) is 48.2 Å². The largest absolute Gasteiger partial charge is 0.291 e. The smallest absolute Gasteiger partial charge is 0.0445 e. The van der Waals surface area contributed by atoms with Crippen LogP contribution in [0.2, 0.25) is 0 Å². The molecule has 2 aromatic rings. The van der Waals surface area contributed by atoms with E-state index >= 15 is 0 Å². The fraction of sp³-hybridized carbons (Fsp3) is 0.474. The lowest BCUT2D eigenvalue weighted by Gasteiger charge is -2.29. The van der Waals surface area contributed by atoms with Crippen molar-refractivity contribution in [3.8, 4) is 0 Å². The Morgan fingerprint density at radius 2 is 2.00 bits per heavy atom. The highest BCUT2D eigenvalue weighted by Crippen LogP contribution is 2.35. The third-order valence-electron chi connectivity index (χ3n) is 4.42. The standard InChI is InChI=1S/C19H25NS/c1-15-7-6-8-17(13-15)14-20-12-5-3-4-9-18(20)19-11-10-16(2)21-19/h6-8,10-11,13,18H,3-5,9,12,14H2,1-2H3. The van der Waals surface area contributed by atoms with E-state index in [0.29, 0.717) is 6.04 Å². The van der Waals surface area contributed by atoms with Crippen molar-refractivity contribution in [1.29, 1.82) is 0 Å². The average molecular weight is 299 g/mol. The van der Waals surface area contributed by atoms with E-state index in [1.807, 2.05) is 11.3 Å². The summed E-state index contributed by atoms with van der Waals surface area (Å²) in [5.41, 5.74) is 2.82. The predicted octanol–water partition coefficient (Wildman–Crippen LogP) is 5.48. The number of rotatable bonds is 3. The van der Waals surface area contributed by atoms with Crippen molar-refractivity contribution in [1.82, 2.24) is 4.90 Å². The summed E-state index contributed by atoms with van der Waals surface area (Å²) in [6, 6.07) is 14.2. The molecule has 0 radical (unpaired) electrons. The topological polar surface area (TPSA) is 3.24 Å². The van der Waals surface area contributed by atoms with Gasteiger partial charge in [-0.05, 0) is 50.9 Å². The minimum Gasteiger partial charge on any atom is -0.291 e. The Balaban J connectivity index is 1.81. The van der Waals surface area contributed by atoms with Crippen LogP contribution in [0.1, 0.15) is 52.6 Å². The second-order valence-corrected chi connectivity index (χ2v) is 7.59. The quantitative estimate of drug-likeness (QED) is 0.725. The molecule has 0 bridgehead atoms. The molecule has 1 aromatic heterocycles. The van der Waals surface area contributed by atoms with Gasteiger partial charge < -0.3 is 0 Å². The molecule has 1 fully saturated rings. The monoisotopic (exact) mass is 299 g/mol. The first kappa shape index (κ1) is 14.8. The Bertz CT molecular complexity index is 587. The van der Waals surface area contributed by atoms with E-state index in [0.717, 1.165) is 6.54 Å². The third-order valence-corrected chi connectivity index (χ3v) is 5.52. The molecule has 0 spiro atoms. The van der Waals surface area contributed by atoms with Crippen LogP contribution in [0.3, 0.4) is 0 Å². The molecule has 21 heavy (non-hydrogen) atoms. The van der Waals surface area contributed by atoms with Crippen LogP contribution in [0.15, 0.2) is 36.4 Å². The lowest BCUT2D eigenvalue weighted by Crippen LogP contribution is -2.27. The maximum Gasteiger partial charge on any atom is 0.0445 e. The van der Waals surface area contributed by atoms with Crippen LogP contribution in [0.5, 0.6) is 0 Å². The summed E-state index contributed by atoms with van der Waals surface area (Å²) in [6.07, 6.45) is 5.40. The number of nitrogens with zero attached hydrogens (tertiary/aromatic N) is 1. The van der Waals surface area contributed by atoms with Gasteiger partial charge in [-0.1, -0.05) is 42.7 Å². The predicted molar refractivity (Wildman–Crippen MR) is 91.9 cm³/mol. The SMILES string of the molecule is Cc1cccc(CN2CCCCCC2c2ccc(C)s2)c1. The second kappa shape index (κ2) is 6.76. The van der Waals surface area contributed by atoms with Gasteiger partial charge in [0, 0.05) is 22.3 Å². The van der Waals surface area contributed by atoms with Crippen LogP contribution in [0, 0.1) is 13.8 Å². The summed E-state index contributed by atoms with van der Waals surface area (Å²) >= 11 is 1.98. The van der Waals surface area contributed by atoms with Gasteiger partial charge in [0.15, 0.2) is 0 Å². The molecule has 0 aliphatic carbocycles. The van der Waals surface area contributed by atoms with Crippen molar-refractivity contribution >= 4 is 11.3 Å². The van der Waals surface area contributed by atoms with Crippen molar-refractivity contribution in [2.24, 2.45) is 0 Å². The lowest BCUT2D eigenvalue weighted by atomic mass is 10.1. The molecule has 1 aliphatic heterocycles. The Labute approximate surface area is 132 Å². The van der Waals surface area contributed by atoms with Gasteiger partial charge in [-0.2, -0.15) is 0 Å². The summed E-state index contributed by atoms with van der Waals surface area (Å²) < 4.78 is 0. The zero-order valence-electron chi connectivity index (χ0n) is 13.1. The summed E-state index contributed by atoms with van der Waals surface area (Å²) in [4.78, 5) is 5.69. The summed E-state index contributed by atoms with van der Waals surface area (Å²) in [5.74, 6) is 0. The highest BCUT2D eigenvalue weighted by Gasteiger charge is 2.23. The molecule has 0 saturated carbocycles. The minimum absolute atomic E-state index is 0.617. The summed E-state index contributed by atoms with van der Waals surface area (Å²) in [6.45, 7) is 6.72. The molecule has 0 N–H and O–H groups in total. The molecule has 1 nitrogen and oxygen atoms in total. The van der Waals surface area contributed by atoms with Crippen LogP contribution in [-0.2, 0) is 6.54 Å². The van der Waals surface area contributed by atoms with Crippen molar-refractivity contribution in [2.45, 2.75) is 52.1 Å². The van der Waals surface area contributed by atoms with Crippen molar-refractivity contribution in [2.75, 3.05) is 6.54 Å². The van der Waals surface area contributed by atoms with Crippen LogP contribution < -0.4 is 0 Å². The first-order valence-electron chi connectivity index (χ1n) is 8.08. The van der Waals surface area contributed by atoms with E-state index in [2.05, 4.69) is 55.1 Å². The van der Waals surface area contributed by atoms with E-state index < -0.39 is 0 Å². The number of likely N-dealkylation sites (tertiary alicyclic amines) is 1. The highest BCUT2D eigenvalue weighted by molar-refractivity contribution is 7.12. The Kier molecular flexibility index (Phi) is 4.77. The molecule has 1 aliphatic rings. The molecule has 1 aromatic carbocycles. The zero-order valence-corrected chi connectivity index (χ0v) is 14.0. The van der Waals surface area contributed by atoms with E-state index in [9.17, 15) is 0 Å². The molecular weight excluding hydrogens is 274 g/mol. The number of aryl methyl sites for hydroxylation is 2. The van der Waals surface area contributed by atoms with Gasteiger partial charge in [-0.15, -0.1) is 11.3 Å². The van der Waals surface area contributed by atoms with E-state index in [-0.39, 0.29) is 0 Å². The number of benzene rings is 1. The van der Waals surface area contributed by atoms with Gasteiger partial charge >= 0.3 is 0 Å². The molecule has 1 unspecified atom stereocenters. The van der Waals surface area contributed by atoms with E-state index in [4.69, 9.17) is 0 Å². The Morgan fingerprint density at radius 3 is 2.76 bits per heavy atom. The molecule has 0 amide bonds. The normalized spacial score (nSPS) is 20.4. The maximum absolute atomic E-state index is 2.70. The molecule has 1 saturated heterocycles. The van der Waals surface area contributed by atoms with E-state index in [1.54, 1.807) is 4.88 Å². The molecule has 112 valence electrons. The fourth-order valence-electron chi connectivity index (χ4n) is 3.36. The van der Waals surface area contributed by atoms with Crippen LogP contribution in [0.25, 0.3) is 0 Å². The molecular formula is C19H25NS. The van der Waals surface area contributed by atoms with Crippen molar-refractivity contribution in [3.63, 3.8) is 0 Å². The molecule has 2 heterocycles.